The van der Waals surface area contributed by atoms with Gasteiger partial charge in [0.05, 0.1) is 51.8 Å². The molecule has 1 aromatic heterocycles. The summed E-state index contributed by atoms with van der Waals surface area (Å²) in [5.74, 6) is -29.9. The zero-order chi connectivity index (χ0) is 89.4. The lowest BCUT2D eigenvalue weighted by atomic mass is 9.94. The van der Waals surface area contributed by atoms with Crippen molar-refractivity contribution in [2.75, 3.05) is 32.0 Å². The molecule has 120 heavy (non-hydrogen) atoms. The number of nitrogens with one attached hydrogen (secondary N) is 14. The number of nitrogens with two attached hydrogens (primary N) is 3. The van der Waals surface area contributed by atoms with Crippen molar-refractivity contribution in [3.63, 3.8) is 0 Å². The van der Waals surface area contributed by atoms with Gasteiger partial charge in [-0.05, 0) is 98.9 Å². The molecule has 4 aromatic rings. The molecule has 5 rings (SSSR count). The van der Waals surface area contributed by atoms with Crippen LogP contribution in [0, 0.1) is 5.92 Å². The first-order valence-corrected chi connectivity index (χ1v) is 37.9. The number of ketones is 1. The number of cyclic esters (lactones) is 1. The van der Waals surface area contributed by atoms with Crippen molar-refractivity contribution in [2.45, 2.75) is 191 Å². The summed E-state index contributed by atoms with van der Waals surface area (Å²) < 4.78 is 5.70. The number of carbonyl (C=O) groups excluding carboxylic acids is 16. The average molecular weight is 1680 g/mol. The predicted octanol–water partition coefficient (Wildman–Crippen LogP) is -4.76. The van der Waals surface area contributed by atoms with Crippen molar-refractivity contribution in [3.8, 4) is 0 Å². The van der Waals surface area contributed by atoms with E-state index in [4.69, 9.17) is 21.9 Å². The Morgan fingerprint density at radius 2 is 1.13 bits per heavy atom. The van der Waals surface area contributed by atoms with Crippen LogP contribution in [0.3, 0.4) is 0 Å². The predicted molar refractivity (Wildman–Crippen MR) is 421 cm³/mol. The number of carbonyl (C=O) groups is 20. The molecule has 650 valence electrons. The summed E-state index contributed by atoms with van der Waals surface area (Å²) >= 11 is 0. The van der Waals surface area contributed by atoms with Gasteiger partial charge < -0.3 is 122 Å². The van der Waals surface area contributed by atoms with Crippen LogP contribution in [0.15, 0.2) is 85.1 Å². The Morgan fingerprint density at radius 3 is 1.73 bits per heavy atom. The fraction of sp³-hybridized carbons (Fsp3) is 0.455. The number of aromatic amines is 1. The Morgan fingerprint density at radius 1 is 0.583 bits per heavy atom. The zero-order valence-electron chi connectivity index (χ0n) is 66.3. The maximum atomic E-state index is 14.9. The van der Waals surface area contributed by atoms with Gasteiger partial charge in [0.25, 0.3) is 0 Å². The summed E-state index contributed by atoms with van der Waals surface area (Å²) in [6.45, 7) is 4.80. The van der Waals surface area contributed by atoms with Crippen molar-refractivity contribution in [1.82, 2.24) is 74.1 Å². The van der Waals surface area contributed by atoms with E-state index in [2.05, 4.69) is 72.0 Å². The lowest BCUT2D eigenvalue weighted by Gasteiger charge is -2.30. The van der Waals surface area contributed by atoms with E-state index in [-0.39, 0.29) is 36.6 Å². The second-order valence-electron chi connectivity index (χ2n) is 28.5. The second kappa shape index (κ2) is 46.9. The van der Waals surface area contributed by atoms with Crippen LogP contribution in [-0.2, 0) is 102 Å². The average Bonchev–Trinajstić information content (AvgIpc) is 1.63. The molecule has 3 aromatic carbocycles. The van der Waals surface area contributed by atoms with Gasteiger partial charge in [0.1, 0.15) is 72.6 Å². The molecule has 0 spiro atoms. The second-order valence-corrected chi connectivity index (χ2v) is 28.5. The molecule has 14 amide bonds. The molecule has 25 N–H and O–H groups in total. The molecule has 14 atom stereocenters. The smallest absolute Gasteiger partial charge is 0.329 e. The van der Waals surface area contributed by atoms with Crippen LogP contribution in [0.1, 0.15) is 139 Å². The first-order valence-electron chi connectivity index (χ1n) is 37.9. The number of benzene rings is 3. The van der Waals surface area contributed by atoms with E-state index in [0.29, 0.717) is 27.6 Å². The number of allylic oxidation sites excluding steroid dienone is 1. The van der Waals surface area contributed by atoms with Gasteiger partial charge in [-0.3, -0.25) is 91.1 Å². The number of carboxylic acids is 4. The highest BCUT2D eigenvalue weighted by Gasteiger charge is 2.41. The van der Waals surface area contributed by atoms with Crippen molar-refractivity contribution in [1.29, 1.82) is 0 Å². The van der Waals surface area contributed by atoms with Gasteiger partial charge in [0.2, 0.25) is 82.7 Å². The van der Waals surface area contributed by atoms with Gasteiger partial charge in [0, 0.05) is 47.3 Å². The summed E-state index contributed by atoms with van der Waals surface area (Å²) in [5.41, 5.74) is 20.2. The lowest BCUT2D eigenvalue weighted by Crippen LogP contribution is -2.62. The number of ether oxygens (including phenoxy) is 1. The summed E-state index contributed by atoms with van der Waals surface area (Å²) in [4.78, 5) is 278. The molecule has 1 fully saturated rings. The third kappa shape index (κ3) is 30.7. The summed E-state index contributed by atoms with van der Waals surface area (Å²) in [6.07, 6.45) is -5.39. The number of aliphatic hydroxyl groups excluding tert-OH is 1. The van der Waals surface area contributed by atoms with E-state index >= 15 is 0 Å². The van der Waals surface area contributed by atoms with Crippen molar-refractivity contribution < 1.29 is 126 Å². The maximum absolute atomic E-state index is 14.9. The molecule has 0 aliphatic carbocycles. The molecule has 1 aliphatic rings. The third-order valence-electron chi connectivity index (χ3n) is 18.8. The van der Waals surface area contributed by atoms with Gasteiger partial charge >= 0.3 is 29.8 Å². The highest BCUT2D eigenvalue weighted by atomic mass is 16.5. The number of para-hydroxylation sites is 2. The van der Waals surface area contributed by atoms with E-state index in [1.54, 1.807) is 37.4 Å². The topological polar surface area (TPSA) is 702 Å². The number of rotatable bonds is 32. The van der Waals surface area contributed by atoms with Crippen LogP contribution in [0.25, 0.3) is 16.5 Å². The SMILES string of the molecule is CCCC(C)c1ccc(/C(C)=C/C(=O)NC(Cc2c[nH]c3ccccc23)C(=O)NC(CC(N)=O)C(=O)NC(CC(=O)O)C(=O)NC2C(=O)NCC(=O)NC(CCCN)C(=O)NC(CC(=O)O)C(=O)NC(C)C(=O)NC(CC(=O)O)C(=O)NCC(=O)NC(CO)C(=O)NC(C(C)CC(=O)O)C(=O)NC(CC(=O)c3ccccc3N)C(=O)OC2C)cc1. The minimum atomic E-state index is -2.47. The number of carboxylic acid groups (broad SMARTS) is 4. The molecule has 43 heteroatoms. The monoisotopic (exact) mass is 1680 g/mol. The Bertz CT molecular complexity index is 4510. The maximum Gasteiger partial charge on any atom is 0.329 e. The number of Topliss-reactive ketones (excluding diaryl/α,β-unsaturated/α-hetero) is 1. The quantitative estimate of drug-likeness (QED) is 0.00945. The van der Waals surface area contributed by atoms with Crippen LogP contribution in [0.4, 0.5) is 5.69 Å². The number of amides is 14. The number of aliphatic carboxylic acids is 4. The molecular formula is C77H101N17O26. The van der Waals surface area contributed by atoms with Gasteiger partial charge in [-0.15, -0.1) is 0 Å². The van der Waals surface area contributed by atoms with Crippen molar-refractivity contribution in [3.05, 3.63) is 107 Å². The molecule has 0 bridgehead atoms. The minimum Gasteiger partial charge on any atom is -0.481 e. The zero-order valence-corrected chi connectivity index (χ0v) is 66.3. The number of hydrogen-bond acceptors (Lipinski definition) is 24. The fourth-order valence-corrected chi connectivity index (χ4v) is 12.4. The van der Waals surface area contributed by atoms with E-state index in [1.165, 1.54) is 30.3 Å². The Labute approximate surface area is 685 Å². The normalized spacial score (nSPS) is 21.2. The van der Waals surface area contributed by atoms with Crippen LogP contribution in [0.5, 0.6) is 0 Å². The van der Waals surface area contributed by atoms with Crippen LogP contribution in [0.2, 0.25) is 0 Å². The Kier molecular flexibility index (Phi) is 37.8. The largest absolute Gasteiger partial charge is 0.481 e. The van der Waals surface area contributed by atoms with E-state index in [1.807, 2.05) is 40.2 Å². The summed E-state index contributed by atoms with van der Waals surface area (Å²) in [5, 5.41) is 78.7. The molecule has 1 saturated heterocycles. The fourth-order valence-electron chi connectivity index (χ4n) is 12.4. The standard InChI is InChI=1S/C77H101N17O26/c1-7-13-36(2)41-19-21-42(22-20-41)37(3)24-58(98)86-49(26-43-32-81-47-17-11-9-14-44(43)47)71(113)89-50(28-57(80)97)72(114)91-53(31-64(107)108)73(115)94-66-40(6)120-77(119)54(27-56(96)45-15-8-10-16-46(45)79)92-76(118)65(38(4)25-61(101)102)93-74(116)55(35-95)87-60(100)33-82-68(110)51(29-62(103)104)88-67(109)39(5)84-70(112)52(30-63(105)106)90-69(111)48(18-12-23-78)85-59(99)34-83-75(66)117/h8-11,14-17,19-22,24,32,36,38-40,48-55,65-66,81,95H,7,12-13,18,23,25-31,33-35,78-79H2,1-6H3,(H2,80,97)(H,82,110)(H,83,117)(H,84,112)(H,85,99)(H,86,98)(H,87,100)(H,88,109)(H,89,113)(H,90,111)(H,91,114)(H,92,118)(H,93,116)(H,94,115)(H,101,102)(H,103,104)(H,105,106)(H,107,108)/b37-24+. The summed E-state index contributed by atoms with van der Waals surface area (Å²) in [7, 11) is 0. The van der Waals surface area contributed by atoms with Crippen LogP contribution >= 0.6 is 0 Å². The first kappa shape index (κ1) is 96.8. The van der Waals surface area contributed by atoms with Crippen molar-refractivity contribution >= 4 is 140 Å². The van der Waals surface area contributed by atoms with E-state index < -0.39 is 261 Å². The van der Waals surface area contributed by atoms with Gasteiger partial charge in [-0.1, -0.05) is 81.8 Å². The first-order chi connectivity index (χ1) is 56.6. The molecule has 0 saturated carbocycles. The molecular weight excluding hydrogens is 1580 g/mol. The number of anilines is 1. The van der Waals surface area contributed by atoms with E-state index in [9.17, 15) is 121 Å². The molecule has 1 aliphatic heterocycles. The highest BCUT2D eigenvalue weighted by Crippen LogP contribution is 2.25. The van der Waals surface area contributed by atoms with Gasteiger partial charge in [-0.2, -0.15) is 0 Å². The van der Waals surface area contributed by atoms with Crippen LogP contribution in [-0.4, -0.2) is 248 Å². The van der Waals surface area contributed by atoms with Gasteiger partial charge in [0.15, 0.2) is 5.78 Å². The molecule has 43 nitrogen and oxygen atoms in total. The van der Waals surface area contributed by atoms with E-state index in [0.717, 1.165) is 39.2 Å². The number of aliphatic hydroxyl groups is 1. The highest BCUT2D eigenvalue weighted by molar-refractivity contribution is 6.06. The van der Waals surface area contributed by atoms with Crippen LogP contribution < -0.4 is 86.3 Å². The number of hydrogen-bond donors (Lipinski definition) is 22. The number of primary amides is 1. The number of aromatic nitrogens is 1. The Hall–Kier alpha value is -13.7. The third-order valence-corrected chi connectivity index (χ3v) is 18.8. The summed E-state index contributed by atoms with van der Waals surface area (Å²) in [6, 6.07) is -3.37. The van der Waals surface area contributed by atoms with Crippen molar-refractivity contribution in [2.24, 2.45) is 17.4 Å². The number of fused-ring (bicyclic) bond motifs is 1. The van der Waals surface area contributed by atoms with Gasteiger partial charge in [-0.25, -0.2) is 4.79 Å². The lowest BCUT2D eigenvalue weighted by molar-refractivity contribution is -0.156. The molecule has 0 radical (unpaired) electrons. The minimum absolute atomic E-state index is 0.100. The number of H-pyrrole nitrogens is 1. The number of esters is 1. The molecule has 14 unspecified atom stereocenters. The number of nitrogen functional groups attached to an aromatic ring is 1. The molecule has 2 heterocycles. The Balaban J connectivity index is 1.61.